The third-order valence-electron chi connectivity index (χ3n) is 2.26. The molecule has 0 atom stereocenters. The molecule has 0 aliphatic carbocycles. The number of carbonyl (C=O) groups is 1. The number of H-pyrrole nitrogens is 1. The molecule has 0 aliphatic heterocycles. The maximum Gasteiger partial charge on any atom is 0.352 e. The van der Waals surface area contributed by atoms with Crippen molar-refractivity contribution in [2.45, 2.75) is 11.4 Å². The quantitative estimate of drug-likeness (QED) is 0.667. The van der Waals surface area contributed by atoms with Gasteiger partial charge in [0.2, 0.25) is 10.0 Å². The number of rotatable bonds is 5. The average molecular weight is 285 g/mol. The molecular formula is C9H11N5O4S. The van der Waals surface area contributed by atoms with Gasteiger partial charge in [0.05, 0.1) is 6.54 Å². The monoisotopic (exact) mass is 285 g/mol. The van der Waals surface area contributed by atoms with E-state index in [0.717, 1.165) is 12.3 Å². The molecule has 0 fully saturated rings. The van der Waals surface area contributed by atoms with Crippen LogP contribution in [0.1, 0.15) is 16.3 Å². The highest BCUT2D eigenvalue weighted by Gasteiger charge is 2.18. The average Bonchev–Trinajstić information content (AvgIpc) is 2.95. The number of carboxylic acids is 1. The largest absolute Gasteiger partial charge is 0.477 e. The Morgan fingerprint density at radius 3 is 2.84 bits per heavy atom. The molecule has 9 nitrogen and oxygen atoms in total. The van der Waals surface area contributed by atoms with E-state index >= 15 is 0 Å². The molecule has 0 saturated heterocycles. The molecule has 0 spiro atoms. The second kappa shape index (κ2) is 4.82. The van der Waals surface area contributed by atoms with E-state index in [4.69, 9.17) is 5.11 Å². The molecule has 0 radical (unpaired) electrons. The Balaban J connectivity index is 2.11. The molecule has 0 saturated carbocycles. The molecule has 2 heterocycles. The molecule has 0 amide bonds. The Morgan fingerprint density at radius 2 is 2.32 bits per heavy atom. The predicted octanol–water partition coefficient (Wildman–Crippen LogP) is -0.680. The summed E-state index contributed by atoms with van der Waals surface area (Å²) in [5, 5.41) is 12.6. The maximum absolute atomic E-state index is 11.9. The molecule has 2 aromatic heterocycles. The van der Waals surface area contributed by atoms with E-state index in [1.54, 1.807) is 7.05 Å². The summed E-state index contributed by atoms with van der Waals surface area (Å²) in [7, 11) is -2.13. The molecule has 0 unspecified atom stereocenters. The molecule has 2 rings (SSSR count). The zero-order valence-electron chi connectivity index (χ0n) is 9.86. The summed E-state index contributed by atoms with van der Waals surface area (Å²) in [4.78, 5) is 16.7. The molecule has 3 N–H and O–H groups in total. The zero-order chi connectivity index (χ0) is 14.0. The number of hydrogen-bond acceptors (Lipinski definition) is 5. The van der Waals surface area contributed by atoms with Crippen molar-refractivity contribution in [2.24, 2.45) is 7.05 Å². The van der Waals surface area contributed by atoms with Gasteiger partial charge in [-0.15, -0.1) is 0 Å². The molecule has 102 valence electrons. The van der Waals surface area contributed by atoms with Crippen LogP contribution < -0.4 is 4.72 Å². The third-order valence-corrected chi connectivity index (χ3v) is 3.65. The van der Waals surface area contributed by atoms with E-state index < -0.39 is 16.0 Å². The summed E-state index contributed by atoms with van der Waals surface area (Å²) in [5.74, 6) is -0.909. The summed E-state index contributed by atoms with van der Waals surface area (Å²) >= 11 is 0. The number of sulfonamides is 1. The molecule has 0 aromatic carbocycles. The van der Waals surface area contributed by atoms with Gasteiger partial charge in [0.15, 0.2) is 5.82 Å². The number of nitrogens with one attached hydrogen (secondary N) is 2. The van der Waals surface area contributed by atoms with Crippen LogP contribution in [0.5, 0.6) is 0 Å². The smallest absolute Gasteiger partial charge is 0.352 e. The zero-order valence-corrected chi connectivity index (χ0v) is 10.7. The molecule has 2 aromatic rings. The minimum absolute atomic E-state index is 0.0727. The molecular weight excluding hydrogens is 274 g/mol. The molecule has 0 bridgehead atoms. The van der Waals surface area contributed by atoms with Gasteiger partial charge in [-0.25, -0.2) is 22.9 Å². The summed E-state index contributed by atoms with van der Waals surface area (Å²) in [6, 6.07) is 1.04. The number of aromatic amines is 1. The Morgan fingerprint density at radius 1 is 1.58 bits per heavy atom. The van der Waals surface area contributed by atoms with E-state index in [1.807, 2.05) is 0 Å². The summed E-state index contributed by atoms with van der Waals surface area (Å²) in [6.07, 6.45) is 2.56. The van der Waals surface area contributed by atoms with E-state index in [-0.39, 0.29) is 17.1 Å². The SMILES string of the molecule is Cn1cnc(CNS(=O)(=O)c2c[nH]c(C(=O)O)c2)n1. The lowest BCUT2D eigenvalue weighted by atomic mass is 10.4. The second-order valence-corrected chi connectivity index (χ2v) is 5.48. The van der Waals surface area contributed by atoms with Gasteiger partial charge >= 0.3 is 5.97 Å². The van der Waals surface area contributed by atoms with Gasteiger partial charge in [-0.3, -0.25) is 4.68 Å². The van der Waals surface area contributed by atoms with Crippen LogP contribution in [0.2, 0.25) is 0 Å². The van der Waals surface area contributed by atoms with Gasteiger partial charge in [-0.2, -0.15) is 5.10 Å². The summed E-state index contributed by atoms with van der Waals surface area (Å²) < 4.78 is 27.4. The highest BCUT2D eigenvalue weighted by Crippen LogP contribution is 2.10. The van der Waals surface area contributed by atoms with E-state index in [1.165, 1.54) is 11.0 Å². The number of hydrogen-bond donors (Lipinski definition) is 3. The summed E-state index contributed by atoms with van der Waals surface area (Å²) in [6.45, 7) is -0.0727. The highest BCUT2D eigenvalue weighted by molar-refractivity contribution is 7.89. The number of aromatic carboxylic acids is 1. The van der Waals surface area contributed by atoms with Crippen LogP contribution in [-0.4, -0.2) is 39.2 Å². The van der Waals surface area contributed by atoms with Crippen LogP contribution >= 0.6 is 0 Å². The van der Waals surface area contributed by atoms with Crippen LogP contribution in [0.15, 0.2) is 23.5 Å². The topological polar surface area (TPSA) is 130 Å². The van der Waals surface area contributed by atoms with Crippen LogP contribution in [0, 0.1) is 0 Å². The predicted molar refractivity (Wildman–Crippen MR) is 62.8 cm³/mol. The van der Waals surface area contributed by atoms with Crippen molar-refractivity contribution in [1.29, 1.82) is 0 Å². The number of aryl methyl sites for hydroxylation is 1. The third kappa shape index (κ3) is 2.98. The Labute approximate surface area is 108 Å². The van der Waals surface area contributed by atoms with Crippen molar-refractivity contribution in [3.05, 3.63) is 30.1 Å². The molecule has 19 heavy (non-hydrogen) atoms. The van der Waals surface area contributed by atoms with Crippen molar-refractivity contribution in [3.8, 4) is 0 Å². The van der Waals surface area contributed by atoms with Crippen molar-refractivity contribution in [3.63, 3.8) is 0 Å². The standard InChI is InChI=1S/C9H11N5O4S/c1-14-5-11-8(13-14)4-12-19(17,18)6-2-7(9(15)16)10-3-6/h2-3,5,10,12H,4H2,1H3,(H,15,16). The second-order valence-electron chi connectivity index (χ2n) is 3.71. The molecule has 10 heteroatoms. The fraction of sp³-hybridized carbons (Fsp3) is 0.222. The van der Waals surface area contributed by atoms with Gasteiger partial charge in [-0.1, -0.05) is 0 Å². The number of carboxylic acid groups (broad SMARTS) is 1. The fourth-order valence-electron chi connectivity index (χ4n) is 1.36. The van der Waals surface area contributed by atoms with Crippen molar-refractivity contribution in [2.75, 3.05) is 0 Å². The van der Waals surface area contributed by atoms with Crippen LogP contribution in [0.25, 0.3) is 0 Å². The number of aromatic nitrogens is 4. The van der Waals surface area contributed by atoms with Gasteiger partial charge in [0, 0.05) is 13.2 Å². The van der Waals surface area contributed by atoms with Gasteiger partial charge < -0.3 is 10.1 Å². The van der Waals surface area contributed by atoms with Gasteiger partial charge in [0.1, 0.15) is 16.9 Å². The van der Waals surface area contributed by atoms with E-state index in [0.29, 0.717) is 5.82 Å². The minimum atomic E-state index is -3.80. The van der Waals surface area contributed by atoms with Crippen molar-refractivity contribution in [1.82, 2.24) is 24.5 Å². The van der Waals surface area contributed by atoms with E-state index in [2.05, 4.69) is 19.8 Å². The van der Waals surface area contributed by atoms with Crippen LogP contribution in [0.3, 0.4) is 0 Å². The highest BCUT2D eigenvalue weighted by atomic mass is 32.2. The van der Waals surface area contributed by atoms with Gasteiger partial charge in [-0.05, 0) is 6.07 Å². The van der Waals surface area contributed by atoms with Crippen LogP contribution in [0.4, 0.5) is 0 Å². The Kier molecular flexibility index (Phi) is 3.36. The Bertz CT molecular complexity index is 702. The maximum atomic E-state index is 11.9. The lowest BCUT2D eigenvalue weighted by Crippen LogP contribution is -2.23. The van der Waals surface area contributed by atoms with Crippen molar-refractivity contribution < 1.29 is 18.3 Å². The summed E-state index contributed by atoms with van der Waals surface area (Å²) in [5.41, 5.74) is -0.198. The minimum Gasteiger partial charge on any atom is -0.477 e. The lowest BCUT2D eigenvalue weighted by Gasteiger charge is -2.01. The van der Waals surface area contributed by atoms with Crippen LogP contribution in [-0.2, 0) is 23.6 Å². The van der Waals surface area contributed by atoms with E-state index in [9.17, 15) is 13.2 Å². The normalized spacial score (nSPS) is 11.6. The lowest BCUT2D eigenvalue weighted by molar-refractivity contribution is 0.0691. The number of nitrogens with zero attached hydrogens (tertiary/aromatic N) is 3. The van der Waals surface area contributed by atoms with Gasteiger partial charge in [0.25, 0.3) is 0 Å². The Hall–Kier alpha value is -2.20. The first-order valence-electron chi connectivity index (χ1n) is 5.14. The first-order valence-corrected chi connectivity index (χ1v) is 6.63. The first kappa shape index (κ1) is 13.2. The van der Waals surface area contributed by atoms with Crippen molar-refractivity contribution >= 4 is 16.0 Å². The molecule has 0 aliphatic rings. The first-order chi connectivity index (χ1) is 8.88. The fourth-order valence-corrected chi connectivity index (χ4v) is 2.33.